The Kier molecular flexibility index (Phi) is 5.58. The number of piperazine rings is 1. The van der Waals surface area contributed by atoms with Crippen molar-refractivity contribution in [2.24, 2.45) is 0 Å². The van der Waals surface area contributed by atoms with Crippen LogP contribution in [0, 0.1) is 0 Å². The smallest absolute Gasteiger partial charge is 0.380 e. The summed E-state index contributed by atoms with van der Waals surface area (Å²) in [5.74, 6) is -0.0294. The minimum Gasteiger partial charge on any atom is -0.380 e. The molecule has 2 rings (SSSR count). The number of carbonyl (C=O) groups is 1. The molecule has 1 unspecified atom stereocenters. The van der Waals surface area contributed by atoms with E-state index in [-0.39, 0.29) is 31.8 Å². The number of nitrogens with zero attached hydrogens (tertiary/aromatic N) is 3. The Hall–Kier alpha value is -0.860. The minimum atomic E-state index is -4.61. The Morgan fingerprint density at radius 3 is 2.09 bits per heavy atom. The van der Waals surface area contributed by atoms with Crippen molar-refractivity contribution in [3.63, 3.8) is 0 Å². The number of likely N-dealkylation sites (tertiary alicyclic amines) is 1. The molecule has 0 aromatic carbocycles. The first-order valence-corrected chi connectivity index (χ1v) is 8.22. The molecule has 0 radical (unpaired) electrons. The van der Waals surface area contributed by atoms with E-state index < -0.39 is 17.8 Å². The second-order valence-electron chi connectivity index (χ2n) is 6.50. The Morgan fingerprint density at radius 1 is 1.13 bits per heavy atom. The largest absolute Gasteiger partial charge is 0.417 e. The van der Waals surface area contributed by atoms with Gasteiger partial charge in [0.2, 0.25) is 5.91 Å². The van der Waals surface area contributed by atoms with Crippen LogP contribution in [0.25, 0.3) is 0 Å². The molecule has 2 saturated heterocycles. The van der Waals surface area contributed by atoms with Gasteiger partial charge >= 0.3 is 6.18 Å². The molecule has 0 aromatic heterocycles. The van der Waals surface area contributed by atoms with Gasteiger partial charge in [-0.1, -0.05) is 6.92 Å². The first kappa shape index (κ1) is 18.5. The number of hydrogen-bond donors (Lipinski definition) is 1. The van der Waals surface area contributed by atoms with Crippen molar-refractivity contribution < 1.29 is 23.1 Å². The van der Waals surface area contributed by atoms with Crippen LogP contribution in [-0.4, -0.2) is 89.3 Å². The van der Waals surface area contributed by atoms with Gasteiger partial charge in [0.15, 0.2) is 5.60 Å². The zero-order valence-corrected chi connectivity index (χ0v) is 13.8. The third kappa shape index (κ3) is 3.97. The minimum absolute atomic E-state index is 0.0294. The van der Waals surface area contributed by atoms with Gasteiger partial charge in [-0.25, -0.2) is 0 Å². The predicted molar refractivity (Wildman–Crippen MR) is 80.0 cm³/mol. The molecule has 2 heterocycles. The van der Waals surface area contributed by atoms with Crippen LogP contribution in [0.4, 0.5) is 13.2 Å². The second-order valence-corrected chi connectivity index (χ2v) is 6.50. The molecular weight excluding hydrogens is 311 g/mol. The lowest BCUT2D eigenvalue weighted by Crippen LogP contribution is -2.58. The third-order valence-corrected chi connectivity index (χ3v) is 5.19. The van der Waals surface area contributed by atoms with Crippen LogP contribution in [0.5, 0.6) is 0 Å². The number of alkyl halides is 3. The summed E-state index contributed by atoms with van der Waals surface area (Å²) in [6.07, 6.45) is -5.36. The van der Waals surface area contributed by atoms with Gasteiger partial charge in [-0.05, 0) is 26.3 Å². The Morgan fingerprint density at radius 2 is 1.65 bits per heavy atom. The summed E-state index contributed by atoms with van der Waals surface area (Å²) in [5.41, 5.74) is -2.61. The van der Waals surface area contributed by atoms with Gasteiger partial charge in [0.1, 0.15) is 0 Å². The van der Waals surface area contributed by atoms with Gasteiger partial charge in [-0.15, -0.1) is 0 Å². The zero-order chi connectivity index (χ0) is 17.3. The number of aliphatic hydroxyl groups is 1. The van der Waals surface area contributed by atoms with E-state index in [0.29, 0.717) is 13.1 Å². The Bertz CT molecular complexity index is 415. The maximum absolute atomic E-state index is 12.8. The van der Waals surface area contributed by atoms with E-state index in [1.807, 2.05) is 0 Å². The molecule has 0 aromatic rings. The number of carbonyl (C=O) groups excluding carboxylic acids is 1. The summed E-state index contributed by atoms with van der Waals surface area (Å²) in [5, 5.41) is 9.70. The summed E-state index contributed by atoms with van der Waals surface area (Å²) < 4.78 is 38.5. The van der Waals surface area contributed by atoms with Crippen LogP contribution in [-0.2, 0) is 4.79 Å². The average molecular weight is 337 g/mol. The number of likely N-dealkylation sites (N-methyl/N-ethyl adjacent to an activating group) is 1. The van der Waals surface area contributed by atoms with Crippen LogP contribution in [0.1, 0.15) is 26.7 Å². The van der Waals surface area contributed by atoms with Crippen molar-refractivity contribution in [1.29, 1.82) is 0 Å². The van der Waals surface area contributed by atoms with Gasteiger partial charge in [-0.2, -0.15) is 13.2 Å². The van der Waals surface area contributed by atoms with Crippen molar-refractivity contribution in [1.82, 2.24) is 14.7 Å². The molecule has 1 atom stereocenters. The summed E-state index contributed by atoms with van der Waals surface area (Å²) in [6, 6.07) is -0.444. The molecular formula is C15H26F3N3O2. The van der Waals surface area contributed by atoms with Gasteiger partial charge in [0.05, 0.1) is 6.04 Å². The molecule has 0 spiro atoms. The van der Waals surface area contributed by atoms with Crippen LogP contribution >= 0.6 is 0 Å². The first-order valence-electron chi connectivity index (χ1n) is 8.22. The molecule has 8 heteroatoms. The lowest BCUT2D eigenvalue weighted by Gasteiger charge is -2.42. The number of hydrogen-bond acceptors (Lipinski definition) is 4. The molecule has 2 aliphatic heterocycles. The van der Waals surface area contributed by atoms with Crippen molar-refractivity contribution in [2.45, 2.75) is 44.5 Å². The standard InChI is InChI=1S/C15H26F3N3O2/c1-3-19-8-10-21(11-9-19)13(22)12(2)20-6-4-14(23,5-7-20)15(16,17)18/h12,23H,3-11H2,1-2H3. The molecule has 0 aliphatic carbocycles. The van der Waals surface area contributed by atoms with Crippen LogP contribution in [0.15, 0.2) is 0 Å². The molecule has 2 aliphatic rings. The normalized spacial score (nSPS) is 25.4. The van der Waals surface area contributed by atoms with Crippen LogP contribution < -0.4 is 0 Å². The van der Waals surface area contributed by atoms with Crippen LogP contribution in [0.2, 0.25) is 0 Å². The van der Waals surface area contributed by atoms with Crippen molar-refractivity contribution in [2.75, 3.05) is 45.8 Å². The predicted octanol–water partition coefficient (Wildman–Crippen LogP) is 0.928. The molecule has 2 fully saturated rings. The van der Waals surface area contributed by atoms with Gasteiger partial charge in [-0.3, -0.25) is 9.69 Å². The summed E-state index contributed by atoms with van der Waals surface area (Å²) >= 11 is 0. The zero-order valence-electron chi connectivity index (χ0n) is 13.8. The Labute approximate surface area is 135 Å². The SMILES string of the molecule is CCN1CCN(C(=O)C(C)N2CCC(O)(C(F)(F)F)CC2)CC1. The highest BCUT2D eigenvalue weighted by molar-refractivity contribution is 5.81. The Balaban J connectivity index is 1.87. The summed E-state index contributed by atoms with van der Waals surface area (Å²) in [7, 11) is 0. The first-order chi connectivity index (χ1) is 10.7. The number of rotatable bonds is 3. The highest BCUT2D eigenvalue weighted by Gasteiger charge is 2.55. The molecule has 23 heavy (non-hydrogen) atoms. The molecule has 5 nitrogen and oxygen atoms in total. The average Bonchev–Trinajstić information content (AvgIpc) is 2.53. The van der Waals surface area contributed by atoms with Crippen LogP contribution in [0.3, 0.4) is 0 Å². The van der Waals surface area contributed by atoms with E-state index in [9.17, 15) is 23.1 Å². The maximum atomic E-state index is 12.8. The fourth-order valence-electron chi connectivity index (χ4n) is 3.27. The van der Waals surface area contributed by atoms with Gasteiger partial charge < -0.3 is 14.9 Å². The molecule has 134 valence electrons. The fraction of sp³-hybridized carbons (Fsp3) is 0.933. The molecule has 0 bridgehead atoms. The van der Waals surface area contributed by atoms with Crippen molar-refractivity contribution in [3.8, 4) is 0 Å². The quantitative estimate of drug-likeness (QED) is 0.832. The van der Waals surface area contributed by atoms with E-state index in [4.69, 9.17) is 0 Å². The fourth-order valence-corrected chi connectivity index (χ4v) is 3.27. The summed E-state index contributed by atoms with van der Waals surface area (Å²) in [6.45, 7) is 7.94. The van der Waals surface area contributed by atoms with Gasteiger partial charge in [0, 0.05) is 39.3 Å². The van der Waals surface area contributed by atoms with Gasteiger partial charge in [0.25, 0.3) is 0 Å². The van der Waals surface area contributed by atoms with E-state index in [0.717, 1.165) is 19.6 Å². The number of amides is 1. The lowest BCUT2D eigenvalue weighted by atomic mass is 9.90. The summed E-state index contributed by atoms with van der Waals surface area (Å²) in [4.78, 5) is 18.3. The molecule has 1 N–H and O–H groups in total. The van der Waals surface area contributed by atoms with Crippen molar-refractivity contribution in [3.05, 3.63) is 0 Å². The topological polar surface area (TPSA) is 47.0 Å². The second kappa shape index (κ2) is 6.94. The third-order valence-electron chi connectivity index (χ3n) is 5.19. The van der Waals surface area contributed by atoms with E-state index in [1.54, 1.807) is 16.7 Å². The maximum Gasteiger partial charge on any atom is 0.417 e. The molecule has 1 amide bonds. The van der Waals surface area contributed by atoms with Crippen molar-refractivity contribution >= 4 is 5.91 Å². The highest BCUT2D eigenvalue weighted by atomic mass is 19.4. The number of piperidine rings is 1. The monoisotopic (exact) mass is 337 g/mol. The highest BCUT2D eigenvalue weighted by Crippen LogP contribution is 2.38. The lowest BCUT2D eigenvalue weighted by molar-refractivity contribution is -0.273. The number of halogens is 3. The molecule has 0 saturated carbocycles. The van der Waals surface area contributed by atoms with E-state index in [1.165, 1.54) is 0 Å². The van der Waals surface area contributed by atoms with E-state index in [2.05, 4.69) is 11.8 Å². The van der Waals surface area contributed by atoms with E-state index >= 15 is 0 Å².